The van der Waals surface area contributed by atoms with Gasteiger partial charge in [-0.3, -0.25) is 14.9 Å². The summed E-state index contributed by atoms with van der Waals surface area (Å²) in [4.78, 5) is 21.5. The second-order valence-corrected chi connectivity index (χ2v) is 4.42. The zero-order valence-electron chi connectivity index (χ0n) is 10.8. The molecule has 0 saturated carbocycles. The Morgan fingerprint density at radius 2 is 1.89 bits per heavy atom. The SMILES string of the molecule is CC(=O)c1ccn(Cc2ccc([N+](=O)[O-])cc2)c1C. The monoisotopic (exact) mass is 258 g/mol. The van der Waals surface area contributed by atoms with Gasteiger partial charge in [0, 0.05) is 36.1 Å². The van der Waals surface area contributed by atoms with Gasteiger partial charge in [-0.05, 0) is 25.5 Å². The first-order chi connectivity index (χ1) is 8.99. The predicted octanol–water partition coefficient (Wildman–Crippen LogP) is 2.96. The van der Waals surface area contributed by atoms with E-state index in [2.05, 4.69) is 0 Å². The zero-order valence-corrected chi connectivity index (χ0v) is 10.8. The second-order valence-electron chi connectivity index (χ2n) is 4.42. The van der Waals surface area contributed by atoms with E-state index in [4.69, 9.17) is 0 Å². The molecule has 0 amide bonds. The number of non-ortho nitro benzene ring substituents is 1. The van der Waals surface area contributed by atoms with Crippen LogP contribution in [0.4, 0.5) is 5.69 Å². The lowest BCUT2D eigenvalue weighted by molar-refractivity contribution is -0.384. The number of ketones is 1. The fourth-order valence-corrected chi connectivity index (χ4v) is 2.01. The van der Waals surface area contributed by atoms with Gasteiger partial charge < -0.3 is 4.57 Å². The van der Waals surface area contributed by atoms with E-state index in [-0.39, 0.29) is 11.5 Å². The largest absolute Gasteiger partial charge is 0.347 e. The van der Waals surface area contributed by atoms with E-state index in [1.807, 2.05) is 17.7 Å². The number of nitro benzene ring substituents is 1. The first-order valence-corrected chi connectivity index (χ1v) is 5.89. The number of Topliss-reactive ketones (excluding diaryl/α,β-unsaturated/α-hetero) is 1. The molecule has 0 bridgehead atoms. The van der Waals surface area contributed by atoms with Gasteiger partial charge in [0.15, 0.2) is 5.78 Å². The Labute approximate surface area is 110 Å². The smallest absolute Gasteiger partial charge is 0.269 e. The molecule has 2 rings (SSSR count). The van der Waals surface area contributed by atoms with Gasteiger partial charge in [0.25, 0.3) is 5.69 Å². The van der Waals surface area contributed by atoms with Crippen LogP contribution in [0.3, 0.4) is 0 Å². The third-order valence-corrected chi connectivity index (χ3v) is 3.12. The lowest BCUT2D eigenvalue weighted by atomic mass is 10.2. The van der Waals surface area contributed by atoms with Crippen LogP contribution in [0.5, 0.6) is 0 Å². The van der Waals surface area contributed by atoms with Crippen molar-refractivity contribution in [1.29, 1.82) is 0 Å². The van der Waals surface area contributed by atoms with Crippen molar-refractivity contribution >= 4 is 11.5 Å². The molecule has 0 atom stereocenters. The van der Waals surface area contributed by atoms with E-state index in [1.54, 1.807) is 25.1 Å². The van der Waals surface area contributed by atoms with Gasteiger partial charge in [0.2, 0.25) is 0 Å². The number of benzene rings is 1. The summed E-state index contributed by atoms with van der Waals surface area (Å²) in [6, 6.07) is 8.22. The minimum absolute atomic E-state index is 0.0416. The molecule has 0 aliphatic rings. The van der Waals surface area contributed by atoms with Crippen molar-refractivity contribution in [1.82, 2.24) is 4.57 Å². The van der Waals surface area contributed by atoms with Crippen molar-refractivity contribution < 1.29 is 9.72 Å². The van der Waals surface area contributed by atoms with Crippen molar-refractivity contribution in [2.24, 2.45) is 0 Å². The fourth-order valence-electron chi connectivity index (χ4n) is 2.01. The fraction of sp³-hybridized carbons (Fsp3) is 0.214. The molecule has 1 aromatic carbocycles. The zero-order chi connectivity index (χ0) is 14.0. The highest BCUT2D eigenvalue weighted by Crippen LogP contribution is 2.16. The first-order valence-electron chi connectivity index (χ1n) is 5.89. The van der Waals surface area contributed by atoms with Crippen LogP contribution < -0.4 is 0 Å². The molecule has 0 N–H and O–H groups in total. The average molecular weight is 258 g/mol. The highest BCUT2D eigenvalue weighted by molar-refractivity contribution is 5.95. The molecule has 0 aliphatic carbocycles. The van der Waals surface area contributed by atoms with Crippen LogP contribution in [-0.2, 0) is 6.54 Å². The minimum Gasteiger partial charge on any atom is -0.347 e. The Morgan fingerprint density at radius 1 is 1.26 bits per heavy atom. The summed E-state index contributed by atoms with van der Waals surface area (Å²) in [5.74, 6) is 0.0416. The van der Waals surface area contributed by atoms with Gasteiger partial charge in [0.05, 0.1) is 4.92 Å². The topological polar surface area (TPSA) is 65.1 Å². The maximum atomic E-state index is 11.4. The second kappa shape index (κ2) is 5.06. The molecule has 5 heteroatoms. The van der Waals surface area contributed by atoms with Crippen molar-refractivity contribution in [3.05, 3.63) is 63.5 Å². The normalized spacial score (nSPS) is 10.4. The first kappa shape index (κ1) is 13.0. The lowest BCUT2D eigenvalue weighted by Gasteiger charge is -2.07. The average Bonchev–Trinajstić information content (AvgIpc) is 2.72. The standard InChI is InChI=1S/C14H14N2O3/c1-10-14(11(2)17)7-8-15(10)9-12-3-5-13(6-4-12)16(18)19/h3-8H,9H2,1-2H3. The van der Waals surface area contributed by atoms with Gasteiger partial charge in [-0.2, -0.15) is 0 Å². The number of carbonyl (C=O) groups excluding carboxylic acids is 1. The van der Waals surface area contributed by atoms with Gasteiger partial charge >= 0.3 is 0 Å². The van der Waals surface area contributed by atoms with Crippen molar-refractivity contribution in [3.63, 3.8) is 0 Å². The van der Waals surface area contributed by atoms with E-state index in [0.717, 1.165) is 11.3 Å². The van der Waals surface area contributed by atoms with Crippen LogP contribution in [0.25, 0.3) is 0 Å². The molecule has 0 fully saturated rings. The molecule has 0 aliphatic heterocycles. The summed E-state index contributed by atoms with van der Waals surface area (Å²) in [6.45, 7) is 4.03. The molecule has 19 heavy (non-hydrogen) atoms. The number of hydrogen-bond acceptors (Lipinski definition) is 3. The number of nitro groups is 1. The van der Waals surface area contributed by atoms with E-state index in [0.29, 0.717) is 12.1 Å². The highest BCUT2D eigenvalue weighted by atomic mass is 16.6. The Bertz CT molecular complexity index is 627. The molecular formula is C14H14N2O3. The minimum atomic E-state index is -0.418. The van der Waals surface area contributed by atoms with Crippen LogP contribution in [0, 0.1) is 17.0 Å². The number of nitrogens with zero attached hydrogens (tertiary/aromatic N) is 2. The predicted molar refractivity (Wildman–Crippen MR) is 71.4 cm³/mol. The van der Waals surface area contributed by atoms with E-state index >= 15 is 0 Å². The maximum Gasteiger partial charge on any atom is 0.269 e. The molecule has 0 saturated heterocycles. The Kier molecular flexibility index (Phi) is 3.46. The highest BCUT2D eigenvalue weighted by Gasteiger charge is 2.09. The van der Waals surface area contributed by atoms with E-state index in [9.17, 15) is 14.9 Å². The van der Waals surface area contributed by atoms with Crippen molar-refractivity contribution in [2.75, 3.05) is 0 Å². The number of hydrogen-bond donors (Lipinski definition) is 0. The summed E-state index contributed by atoms with van der Waals surface area (Å²) in [7, 11) is 0. The molecule has 1 heterocycles. The van der Waals surface area contributed by atoms with Gasteiger partial charge in [-0.15, -0.1) is 0 Å². The maximum absolute atomic E-state index is 11.4. The van der Waals surface area contributed by atoms with Crippen molar-refractivity contribution in [2.45, 2.75) is 20.4 Å². The summed E-state index contributed by atoms with van der Waals surface area (Å²) >= 11 is 0. The Balaban J connectivity index is 2.21. The Morgan fingerprint density at radius 3 is 2.37 bits per heavy atom. The van der Waals surface area contributed by atoms with Crippen LogP contribution >= 0.6 is 0 Å². The molecule has 0 spiro atoms. The van der Waals surface area contributed by atoms with Crippen LogP contribution in [0.1, 0.15) is 28.5 Å². The van der Waals surface area contributed by atoms with E-state index < -0.39 is 4.92 Å². The number of carbonyl (C=O) groups is 1. The molecule has 0 unspecified atom stereocenters. The summed E-state index contributed by atoms with van der Waals surface area (Å²) in [5.41, 5.74) is 2.66. The number of rotatable bonds is 4. The van der Waals surface area contributed by atoms with Gasteiger partial charge in [0.1, 0.15) is 0 Å². The summed E-state index contributed by atoms with van der Waals surface area (Å²) in [6.07, 6.45) is 1.85. The quantitative estimate of drug-likeness (QED) is 0.481. The van der Waals surface area contributed by atoms with Crippen LogP contribution in [-0.4, -0.2) is 15.3 Å². The molecule has 5 nitrogen and oxygen atoms in total. The summed E-state index contributed by atoms with van der Waals surface area (Å²) < 4.78 is 1.96. The Hall–Kier alpha value is -2.43. The van der Waals surface area contributed by atoms with Gasteiger partial charge in [-0.25, -0.2) is 0 Å². The third-order valence-electron chi connectivity index (χ3n) is 3.12. The third kappa shape index (κ3) is 2.70. The molecule has 1 aromatic heterocycles. The molecule has 0 radical (unpaired) electrons. The van der Waals surface area contributed by atoms with Crippen LogP contribution in [0.15, 0.2) is 36.5 Å². The molecular weight excluding hydrogens is 244 g/mol. The molecule has 2 aromatic rings. The van der Waals surface area contributed by atoms with Gasteiger partial charge in [-0.1, -0.05) is 12.1 Å². The number of aromatic nitrogens is 1. The van der Waals surface area contributed by atoms with E-state index in [1.165, 1.54) is 12.1 Å². The van der Waals surface area contributed by atoms with Crippen LogP contribution in [0.2, 0.25) is 0 Å². The molecule has 98 valence electrons. The lowest BCUT2D eigenvalue weighted by Crippen LogP contribution is -2.03. The summed E-state index contributed by atoms with van der Waals surface area (Å²) in [5, 5.41) is 10.6. The van der Waals surface area contributed by atoms with Crippen molar-refractivity contribution in [3.8, 4) is 0 Å².